The Morgan fingerprint density at radius 1 is 0.613 bits per heavy atom. The minimum atomic E-state index is -3.83. The Bertz CT molecular complexity index is 1150. The van der Waals surface area contributed by atoms with E-state index in [4.69, 9.17) is 11.6 Å². The molecule has 4 aromatic carbocycles. The third kappa shape index (κ3) is 3.93. The van der Waals surface area contributed by atoms with Gasteiger partial charge in [0.1, 0.15) is 15.9 Å². The van der Waals surface area contributed by atoms with Crippen molar-refractivity contribution in [2.45, 2.75) is 4.90 Å². The number of sulfonamides is 1. The first-order valence-electron chi connectivity index (χ1n) is 9.78. The number of hydrogen-bond donors (Lipinski definition) is 0. The average Bonchev–Trinajstić information content (AvgIpc) is 2.82. The molecule has 4 aromatic rings. The Morgan fingerprint density at radius 3 is 1.32 bits per heavy atom. The molecule has 0 N–H and O–H groups in total. The molecule has 0 unspecified atom stereocenters. The van der Waals surface area contributed by atoms with E-state index < -0.39 is 17.4 Å². The van der Waals surface area contributed by atoms with Crippen molar-refractivity contribution in [2.75, 3.05) is 7.05 Å². The summed E-state index contributed by atoms with van der Waals surface area (Å²) in [7, 11) is -4.88. The lowest BCUT2D eigenvalue weighted by molar-refractivity contribution is 0.561. The van der Waals surface area contributed by atoms with Crippen LogP contribution in [-0.2, 0) is 10.0 Å². The summed E-state index contributed by atoms with van der Waals surface area (Å²) in [5, 5.41) is 3.39. The van der Waals surface area contributed by atoms with Crippen LogP contribution in [0.25, 0.3) is 0 Å². The topological polar surface area (TPSA) is 37.4 Å². The summed E-state index contributed by atoms with van der Waals surface area (Å²) in [5.74, 6) is 0. The molecule has 6 heteroatoms. The summed E-state index contributed by atoms with van der Waals surface area (Å²) >= 11 is 6.02. The fourth-order valence-electron chi connectivity index (χ4n) is 3.79. The third-order valence-corrected chi connectivity index (χ3v) is 12.4. The van der Waals surface area contributed by atoms with Crippen molar-refractivity contribution >= 4 is 45.0 Å². The lowest BCUT2D eigenvalue weighted by atomic mass is 10.4. The maximum atomic E-state index is 13.9. The van der Waals surface area contributed by atoms with Crippen LogP contribution in [0.1, 0.15) is 0 Å². The van der Waals surface area contributed by atoms with E-state index in [1.165, 1.54) is 0 Å². The highest BCUT2D eigenvalue weighted by Crippen LogP contribution is 2.59. The normalized spacial score (nSPS) is 12.1. The highest BCUT2D eigenvalue weighted by Gasteiger charge is 2.55. The van der Waals surface area contributed by atoms with Gasteiger partial charge in [-0.25, -0.2) is 8.42 Å². The van der Waals surface area contributed by atoms with Crippen LogP contribution in [0, 0.1) is 0 Å². The fourth-order valence-corrected chi connectivity index (χ4v) is 10.8. The number of rotatable bonds is 6. The maximum Gasteiger partial charge on any atom is 0.273 e. The van der Waals surface area contributed by atoms with Crippen LogP contribution in [0.15, 0.2) is 120 Å². The molecule has 31 heavy (non-hydrogen) atoms. The van der Waals surface area contributed by atoms with Gasteiger partial charge in [-0.05, 0) is 60.7 Å². The zero-order valence-electron chi connectivity index (χ0n) is 17.0. The Kier molecular flexibility index (Phi) is 6.27. The van der Waals surface area contributed by atoms with E-state index >= 15 is 0 Å². The van der Waals surface area contributed by atoms with Gasteiger partial charge in [0.25, 0.3) is 10.0 Å². The Balaban J connectivity index is 2.06. The predicted molar refractivity (Wildman–Crippen MR) is 132 cm³/mol. The van der Waals surface area contributed by atoms with Crippen molar-refractivity contribution in [3.8, 4) is 0 Å². The SMILES string of the molecule is CN([P+](c1ccccc1)(c1ccccc1)c1ccccc1)S(=O)(=O)c1ccc(Cl)cc1. The zero-order chi connectivity index (χ0) is 21.9. The molecule has 0 spiro atoms. The highest BCUT2D eigenvalue weighted by molar-refractivity contribution is 8.05. The average molecular weight is 467 g/mol. The highest BCUT2D eigenvalue weighted by atomic mass is 35.5. The quantitative estimate of drug-likeness (QED) is 0.380. The first kappa shape index (κ1) is 21.7. The van der Waals surface area contributed by atoms with Crippen molar-refractivity contribution in [3.05, 3.63) is 120 Å². The smallest absolute Gasteiger partial charge is 0.204 e. The molecule has 0 saturated carbocycles. The lowest BCUT2D eigenvalue weighted by Crippen LogP contribution is -2.44. The maximum absolute atomic E-state index is 13.9. The number of nitrogens with zero attached hydrogens (tertiary/aromatic N) is 1. The summed E-state index contributed by atoms with van der Waals surface area (Å²) in [6.07, 6.45) is 0. The van der Waals surface area contributed by atoms with Gasteiger partial charge in [-0.1, -0.05) is 70.3 Å². The van der Waals surface area contributed by atoms with Gasteiger partial charge < -0.3 is 0 Å². The van der Waals surface area contributed by atoms with Crippen LogP contribution < -0.4 is 15.9 Å². The van der Waals surface area contributed by atoms with Crippen molar-refractivity contribution in [1.82, 2.24) is 4.08 Å². The van der Waals surface area contributed by atoms with E-state index in [0.29, 0.717) is 5.02 Å². The predicted octanol–water partition coefficient (Wildman–Crippen LogP) is 4.87. The molecule has 0 aliphatic heterocycles. The van der Waals surface area contributed by atoms with Crippen LogP contribution >= 0.6 is 19.0 Å². The van der Waals surface area contributed by atoms with Gasteiger partial charge in [0.05, 0.1) is 4.90 Å². The van der Waals surface area contributed by atoms with Crippen LogP contribution in [0.2, 0.25) is 5.02 Å². The van der Waals surface area contributed by atoms with E-state index in [1.54, 1.807) is 35.4 Å². The van der Waals surface area contributed by atoms with Crippen molar-refractivity contribution < 1.29 is 8.42 Å². The minimum Gasteiger partial charge on any atom is -0.204 e. The first-order chi connectivity index (χ1) is 15.0. The molecule has 0 heterocycles. The van der Waals surface area contributed by atoms with Gasteiger partial charge in [-0.15, -0.1) is 0 Å². The van der Waals surface area contributed by atoms with E-state index in [2.05, 4.69) is 0 Å². The molecule has 0 saturated heterocycles. The van der Waals surface area contributed by atoms with Gasteiger partial charge in [0.2, 0.25) is 0 Å². The second-order valence-corrected chi connectivity index (χ2v) is 13.1. The largest absolute Gasteiger partial charge is 0.273 e. The van der Waals surface area contributed by atoms with E-state index in [0.717, 1.165) is 15.9 Å². The van der Waals surface area contributed by atoms with Gasteiger partial charge in [-0.2, -0.15) is 0 Å². The molecule has 3 nitrogen and oxygen atoms in total. The van der Waals surface area contributed by atoms with Crippen LogP contribution in [0.3, 0.4) is 0 Å². The van der Waals surface area contributed by atoms with E-state index in [9.17, 15) is 8.42 Å². The monoisotopic (exact) mass is 466 g/mol. The van der Waals surface area contributed by atoms with Crippen molar-refractivity contribution in [2.24, 2.45) is 0 Å². The third-order valence-electron chi connectivity index (χ3n) is 5.27. The summed E-state index contributed by atoms with van der Waals surface area (Å²) in [4.78, 5) is 0.214. The summed E-state index contributed by atoms with van der Waals surface area (Å²) in [6, 6.07) is 36.0. The van der Waals surface area contributed by atoms with Crippen LogP contribution in [-0.4, -0.2) is 19.5 Å². The molecule has 0 fully saturated rings. The second-order valence-electron chi connectivity index (χ2n) is 7.04. The molecule has 0 amide bonds. The van der Waals surface area contributed by atoms with E-state index in [-0.39, 0.29) is 4.90 Å². The zero-order valence-corrected chi connectivity index (χ0v) is 19.4. The number of hydrogen-bond acceptors (Lipinski definition) is 2. The second kappa shape index (κ2) is 8.94. The Labute approximate surface area is 189 Å². The summed E-state index contributed by atoms with van der Waals surface area (Å²) in [6.45, 7) is 0. The molecule has 0 radical (unpaired) electrons. The van der Waals surface area contributed by atoms with Gasteiger partial charge in [0, 0.05) is 12.1 Å². The molecule has 0 aliphatic rings. The van der Waals surface area contributed by atoms with Crippen LogP contribution in [0.4, 0.5) is 0 Å². The minimum absolute atomic E-state index is 0.214. The first-order valence-corrected chi connectivity index (χ1v) is 13.3. The standard InChI is InChI=1S/C25H22ClNO2PS/c1-27(31(28,29)25-19-17-21(26)18-20-25)30(22-11-5-2-6-12-22,23-13-7-3-8-14-23)24-15-9-4-10-16-24/h2-20H,1H3/q+1. The fraction of sp³-hybridized carbons (Fsp3) is 0.0400. The van der Waals surface area contributed by atoms with Crippen molar-refractivity contribution in [1.29, 1.82) is 0 Å². The molecule has 4 rings (SSSR count). The van der Waals surface area contributed by atoms with Crippen LogP contribution in [0.5, 0.6) is 0 Å². The molecular formula is C25H22ClNO2PS+. The van der Waals surface area contributed by atoms with Gasteiger partial charge in [-0.3, -0.25) is 0 Å². The summed E-state index contributed by atoms with van der Waals surface area (Å²) in [5.41, 5.74) is 0. The Hall–Kier alpha value is -2.49. The number of benzene rings is 4. The molecular weight excluding hydrogens is 445 g/mol. The van der Waals surface area contributed by atoms with Crippen molar-refractivity contribution in [3.63, 3.8) is 0 Å². The molecule has 0 aliphatic carbocycles. The summed E-state index contributed by atoms with van der Waals surface area (Å²) < 4.78 is 29.4. The molecule has 156 valence electrons. The Morgan fingerprint density at radius 2 is 0.968 bits per heavy atom. The van der Waals surface area contributed by atoms with Gasteiger partial charge in [0.15, 0.2) is 7.41 Å². The molecule has 0 atom stereocenters. The molecule has 0 bridgehead atoms. The molecule has 0 aromatic heterocycles. The van der Waals surface area contributed by atoms with E-state index in [1.807, 2.05) is 91.0 Å². The van der Waals surface area contributed by atoms with Gasteiger partial charge >= 0.3 is 0 Å². The number of halogens is 1. The lowest BCUT2D eigenvalue weighted by Gasteiger charge is -2.33.